The first-order chi connectivity index (χ1) is 11.2. The van der Waals surface area contributed by atoms with Crippen LogP contribution in [0.25, 0.3) is 0 Å². The number of rotatable bonds is 5. The van der Waals surface area contributed by atoms with Gasteiger partial charge in [-0.3, -0.25) is 25.0 Å². The molecule has 0 radical (unpaired) electrons. The monoisotopic (exact) mass is 362 g/mol. The van der Waals surface area contributed by atoms with E-state index in [0.717, 1.165) is 17.7 Å². The largest absolute Gasteiger partial charge is 0.418 e. The zero-order chi connectivity index (χ0) is 17.5. The fourth-order valence-electron chi connectivity index (χ4n) is 2.95. The average molecular weight is 362 g/mol. The molecule has 2 heterocycles. The lowest BCUT2D eigenvalue weighted by atomic mass is 10.0. The van der Waals surface area contributed by atoms with E-state index in [9.17, 15) is 22.8 Å². The summed E-state index contributed by atoms with van der Waals surface area (Å²) in [4.78, 5) is 37.1. The van der Waals surface area contributed by atoms with Gasteiger partial charge >= 0.3 is 16.4 Å². The molecule has 2 atom stereocenters. The predicted molar refractivity (Wildman–Crippen MR) is 77.0 cm³/mol. The third kappa shape index (κ3) is 3.76. The van der Waals surface area contributed by atoms with Crippen molar-refractivity contribution in [2.24, 2.45) is 5.92 Å². The SMILES string of the molecule is O=C(CC1CC1)NNC(=O)[C@H]1CC[C@H]2CN1C(=O)N2OS(=O)(=O)O. The van der Waals surface area contributed by atoms with Crippen LogP contribution >= 0.6 is 0 Å². The van der Waals surface area contributed by atoms with Crippen LogP contribution in [0.1, 0.15) is 32.1 Å². The van der Waals surface area contributed by atoms with E-state index in [1.165, 1.54) is 0 Å². The Balaban J connectivity index is 1.56. The molecule has 3 N–H and O–H groups in total. The van der Waals surface area contributed by atoms with E-state index in [1.807, 2.05) is 0 Å². The van der Waals surface area contributed by atoms with Crippen molar-refractivity contribution in [2.75, 3.05) is 6.54 Å². The molecule has 134 valence electrons. The molecule has 1 aliphatic carbocycles. The number of hydrogen-bond donors (Lipinski definition) is 3. The standard InChI is InChI=1S/C12H18N4O7S/c17-10(5-7-1-2-7)13-14-11(18)9-4-3-8-6-15(9)12(19)16(8)23-24(20,21)22/h7-9H,1-6H2,(H,13,17)(H,14,18)(H,20,21,22)/t8-,9+/m0/s1. The van der Waals surface area contributed by atoms with Gasteiger partial charge in [0.15, 0.2) is 0 Å². The number of carbonyl (C=O) groups excluding carboxylic acids is 3. The maximum atomic E-state index is 12.2. The van der Waals surface area contributed by atoms with E-state index in [-0.39, 0.29) is 18.9 Å². The van der Waals surface area contributed by atoms with Crippen molar-refractivity contribution in [2.45, 2.75) is 44.2 Å². The Hall–Kier alpha value is -1.92. The number of urea groups is 1. The second kappa shape index (κ2) is 6.18. The minimum atomic E-state index is -4.82. The maximum Gasteiger partial charge on any atom is 0.418 e. The Kier molecular flexibility index (Phi) is 4.36. The summed E-state index contributed by atoms with van der Waals surface area (Å²) in [5.74, 6) is -0.466. The molecule has 0 unspecified atom stereocenters. The molecule has 24 heavy (non-hydrogen) atoms. The number of piperidine rings is 1. The first-order valence-electron chi connectivity index (χ1n) is 7.60. The predicted octanol–water partition coefficient (Wildman–Crippen LogP) is -1.06. The summed E-state index contributed by atoms with van der Waals surface area (Å²) in [7, 11) is -4.82. The van der Waals surface area contributed by atoms with Gasteiger partial charge in [-0.1, -0.05) is 0 Å². The average Bonchev–Trinajstić information content (AvgIpc) is 3.28. The second-order valence-electron chi connectivity index (χ2n) is 6.19. The van der Waals surface area contributed by atoms with Crippen LogP contribution in [0.4, 0.5) is 4.79 Å². The van der Waals surface area contributed by atoms with Gasteiger partial charge in [-0.2, -0.15) is 13.5 Å². The number of nitrogens with one attached hydrogen (secondary N) is 2. The first-order valence-corrected chi connectivity index (χ1v) is 8.96. The van der Waals surface area contributed by atoms with Gasteiger partial charge < -0.3 is 4.90 Å². The molecule has 3 fully saturated rings. The highest BCUT2D eigenvalue weighted by Crippen LogP contribution is 2.32. The number of hydroxylamine groups is 2. The zero-order valence-corrected chi connectivity index (χ0v) is 13.5. The summed E-state index contributed by atoms with van der Waals surface area (Å²) in [5.41, 5.74) is 4.61. The van der Waals surface area contributed by atoms with Gasteiger partial charge in [0.1, 0.15) is 6.04 Å². The molecule has 4 amide bonds. The number of carbonyl (C=O) groups is 3. The van der Waals surface area contributed by atoms with Crippen molar-refractivity contribution in [1.82, 2.24) is 20.8 Å². The molecule has 0 spiro atoms. The molecule has 0 aromatic heterocycles. The van der Waals surface area contributed by atoms with Crippen LogP contribution in [-0.4, -0.2) is 59.4 Å². The number of fused-ring (bicyclic) bond motifs is 2. The summed E-state index contributed by atoms with van der Waals surface area (Å²) in [6.07, 6.45) is 2.98. The maximum absolute atomic E-state index is 12.2. The second-order valence-corrected chi connectivity index (χ2v) is 7.20. The summed E-state index contributed by atoms with van der Waals surface area (Å²) in [5, 5.41) is 0.564. The van der Waals surface area contributed by atoms with Crippen LogP contribution in [-0.2, 0) is 24.3 Å². The lowest BCUT2D eigenvalue weighted by Gasteiger charge is -2.29. The topological polar surface area (TPSA) is 145 Å². The van der Waals surface area contributed by atoms with Crippen molar-refractivity contribution in [3.63, 3.8) is 0 Å². The van der Waals surface area contributed by atoms with Gasteiger partial charge in [0.05, 0.1) is 6.04 Å². The molecule has 0 aromatic carbocycles. The molecule has 0 aromatic rings. The van der Waals surface area contributed by atoms with E-state index in [4.69, 9.17) is 4.55 Å². The van der Waals surface area contributed by atoms with E-state index in [0.29, 0.717) is 23.8 Å². The number of nitrogens with zero attached hydrogens (tertiary/aromatic N) is 2. The molecule has 11 nitrogen and oxygen atoms in total. The van der Waals surface area contributed by atoms with Crippen molar-refractivity contribution in [3.8, 4) is 0 Å². The first kappa shape index (κ1) is 16.9. The van der Waals surface area contributed by atoms with Crippen LogP contribution in [0.5, 0.6) is 0 Å². The molecule has 3 aliphatic rings. The number of hydrogen-bond acceptors (Lipinski definition) is 6. The molecule has 2 aliphatic heterocycles. The van der Waals surface area contributed by atoms with Crippen LogP contribution in [0.15, 0.2) is 0 Å². The highest BCUT2D eigenvalue weighted by Gasteiger charge is 2.49. The van der Waals surface area contributed by atoms with Gasteiger partial charge in [0.25, 0.3) is 5.91 Å². The fraction of sp³-hybridized carbons (Fsp3) is 0.750. The summed E-state index contributed by atoms with van der Waals surface area (Å²) < 4.78 is 34.6. The van der Waals surface area contributed by atoms with E-state index >= 15 is 0 Å². The van der Waals surface area contributed by atoms with Gasteiger partial charge in [-0.05, 0) is 31.6 Å². The van der Waals surface area contributed by atoms with Gasteiger partial charge in [-0.15, -0.1) is 4.28 Å². The van der Waals surface area contributed by atoms with Crippen molar-refractivity contribution < 1.29 is 31.6 Å². The molecule has 2 bridgehead atoms. The summed E-state index contributed by atoms with van der Waals surface area (Å²) in [6, 6.07) is -2.22. The van der Waals surface area contributed by atoms with Gasteiger partial charge in [-0.25, -0.2) is 4.79 Å². The van der Waals surface area contributed by atoms with Crippen molar-refractivity contribution in [3.05, 3.63) is 0 Å². The molecule has 12 heteroatoms. The number of hydrazine groups is 1. The lowest BCUT2D eigenvalue weighted by molar-refractivity contribution is -0.132. The number of amides is 4. The van der Waals surface area contributed by atoms with Crippen LogP contribution in [0, 0.1) is 5.92 Å². The van der Waals surface area contributed by atoms with E-state index in [2.05, 4.69) is 15.1 Å². The Bertz CT molecular complexity index is 662. The van der Waals surface area contributed by atoms with Crippen molar-refractivity contribution in [1.29, 1.82) is 0 Å². The molecular formula is C12H18N4O7S. The normalized spacial score (nSPS) is 26.5. The minimum absolute atomic E-state index is 0.0997. The van der Waals surface area contributed by atoms with Crippen LogP contribution in [0.3, 0.4) is 0 Å². The molecule has 2 saturated heterocycles. The molecule has 3 rings (SSSR count). The summed E-state index contributed by atoms with van der Waals surface area (Å²) in [6.45, 7) is 0.0997. The van der Waals surface area contributed by atoms with Crippen LogP contribution < -0.4 is 10.9 Å². The lowest BCUT2D eigenvalue weighted by Crippen LogP contribution is -2.54. The quantitative estimate of drug-likeness (QED) is 0.417. The highest BCUT2D eigenvalue weighted by atomic mass is 32.3. The Morgan fingerprint density at radius 2 is 1.92 bits per heavy atom. The fourth-order valence-corrected chi connectivity index (χ4v) is 3.34. The Labute approximate surface area is 138 Å². The highest BCUT2D eigenvalue weighted by molar-refractivity contribution is 7.80. The van der Waals surface area contributed by atoms with Crippen LogP contribution in [0.2, 0.25) is 0 Å². The zero-order valence-electron chi connectivity index (χ0n) is 12.7. The summed E-state index contributed by atoms with van der Waals surface area (Å²) >= 11 is 0. The Morgan fingerprint density at radius 3 is 2.54 bits per heavy atom. The van der Waals surface area contributed by atoms with E-state index < -0.39 is 34.4 Å². The third-order valence-electron chi connectivity index (χ3n) is 4.30. The van der Waals surface area contributed by atoms with Crippen molar-refractivity contribution >= 4 is 28.2 Å². The Morgan fingerprint density at radius 1 is 1.21 bits per heavy atom. The third-order valence-corrected chi connectivity index (χ3v) is 4.65. The smallest absolute Gasteiger partial charge is 0.309 e. The van der Waals surface area contributed by atoms with E-state index in [1.54, 1.807) is 0 Å². The molecule has 1 saturated carbocycles. The van der Waals surface area contributed by atoms with Gasteiger partial charge in [0.2, 0.25) is 5.91 Å². The van der Waals surface area contributed by atoms with Gasteiger partial charge in [0, 0.05) is 13.0 Å². The minimum Gasteiger partial charge on any atom is -0.309 e. The molecular weight excluding hydrogens is 344 g/mol.